The second-order valence-electron chi connectivity index (χ2n) is 15.4. The van der Waals surface area contributed by atoms with Crippen LogP contribution < -0.4 is 11.0 Å². The first-order valence-electron chi connectivity index (χ1n) is 19.8. The van der Waals surface area contributed by atoms with Crippen LogP contribution in [0.25, 0.3) is 22.2 Å². The van der Waals surface area contributed by atoms with Gasteiger partial charge in [-0.3, -0.25) is 14.2 Å². The average molecular weight is 798 g/mol. The topological polar surface area (TPSA) is 129 Å². The number of nitrogens with zero attached hydrogens (tertiary/aromatic N) is 3. The van der Waals surface area contributed by atoms with Gasteiger partial charge in [-0.2, -0.15) is 13.2 Å². The van der Waals surface area contributed by atoms with E-state index >= 15 is 0 Å². The molecule has 304 valence electrons. The highest BCUT2D eigenvalue weighted by Crippen LogP contribution is 2.40. The van der Waals surface area contributed by atoms with Crippen LogP contribution in [0.5, 0.6) is 0 Å². The van der Waals surface area contributed by atoms with Crippen LogP contribution in [0.1, 0.15) is 72.8 Å². The van der Waals surface area contributed by atoms with E-state index in [0.29, 0.717) is 24.3 Å². The molecule has 0 unspecified atom stereocenters. The van der Waals surface area contributed by atoms with E-state index in [0.717, 1.165) is 70.3 Å². The highest BCUT2D eigenvalue weighted by molar-refractivity contribution is 5.90. The number of hydrogen-bond acceptors (Lipinski definition) is 7. The van der Waals surface area contributed by atoms with E-state index in [9.17, 15) is 32.7 Å². The smallest absolute Gasteiger partial charge is 0.392 e. The predicted molar refractivity (Wildman–Crippen MR) is 210 cm³/mol. The number of aliphatic hydroxyl groups excluding tert-OH is 1. The maximum atomic E-state index is 13.1. The van der Waals surface area contributed by atoms with Crippen molar-refractivity contribution in [3.05, 3.63) is 130 Å². The number of alkyl halides is 3. The molecule has 0 aliphatic carbocycles. The van der Waals surface area contributed by atoms with Crippen LogP contribution in [0.4, 0.5) is 13.2 Å². The lowest BCUT2D eigenvalue weighted by atomic mass is 9.97. The van der Waals surface area contributed by atoms with Gasteiger partial charge in [-0.05, 0) is 77.8 Å². The zero-order valence-corrected chi connectivity index (χ0v) is 31.9. The summed E-state index contributed by atoms with van der Waals surface area (Å²) in [4.78, 5) is 43.7. The van der Waals surface area contributed by atoms with Crippen LogP contribution in [0.15, 0.2) is 102 Å². The van der Waals surface area contributed by atoms with Gasteiger partial charge in [0.1, 0.15) is 6.04 Å². The lowest BCUT2D eigenvalue weighted by Crippen LogP contribution is -2.50. The Labute approximate surface area is 333 Å². The molecule has 3 N–H and O–H groups in total. The second-order valence-corrected chi connectivity index (χ2v) is 15.4. The normalized spacial score (nSPS) is 22.0. The SMILES string of the molecule is O=C(NCc1cccc(-c2cccc([C@H]3O[C@@H](CN4CCC(n5c(=O)[nH]c6ccccc65)CC4)C[C@@H](c4ccc(CO)cc4)O3)c2)c1)[C@@H]1CCCN1C(=O)C(F)(F)F. The third-order valence-electron chi connectivity index (χ3n) is 11.6. The third-order valence-corrected chi connectivity index (χ3v) is 11.6. The van der Waals surface area contributed by atoms with Crippen molar-refractivity contribution >= 4 is 22.8 Å². The molecule has 11 nitrogen and oxygen atoms in total. The van der Waals surface area contributed by atoms with Crippen molar-refractivity contribution in [2.75, 3.05) is 26.2 Å². The van der Waals surface area contributed by atoms with Crippen LogP contribution in [-0.2, 0) is 32.2 Å². The summed E-state index contributed by atoms with van der Waals surface area (Å²) in [6, 6.07) is 29.9. The summed E-state index contributed by atoms with van der Waals surface area (Å²) in [5, 5.41) is 12.4. The molecule has 3 saturated heterocycles. The van der Waals surface area contributed by atoms with Gasteiger partial charge in [0.15, 0.2) is 6.29 Å². The molecule has 1 aromatic heterocycles. The minimum absolute atomic E-state index is 0.0523. The fraction of sp³-hybridized carbons (Fsp3) is 0.386. The number of aromatic nitrogens is 2. The summed E-state index contributed by atoms with van der Waals surface area (Å²) in [6.07, 6.45) is -3.34. The van der Waals surface area contributed by atoms with E-state index in [-0.39, 0.29) is 50.1 Å². The van der Waals surface area contributed by atoms with Crippen LogP contribution in [-0.4, -0.2) is 80.8 Å². The minimum Gasteiger partial charge on any atom is -0.392 e. The summed E-state index contributed by atoms with van der Waals surface area (Å²) in [6.45, 7) is 2.24. The number of carbonyl (C=O) groups excluding carboxylic acids is 2. The Morgan fingerprint density at radius 3 is 2.33 bits per heavy atom. The van der Waals surface area contributed by atoms with Crippen molar-refractivity contribution < 1.29 is 37.3 Å². The van der Waals surface area contributed by atoms with E-state index in [1.165, 1.54) is 0 Å². The summed E-state index contributed by atoms with van der Waals surface area (Å²) in [5.41, 5.74) is 6.81. The van der Waals surface area contributed by atoms with Gasteiger partial charge in [-0.25, -0.2) is 4.79 Å². The van der Waals surface area contributed by atoms with Gasteiger partial charge in [0.2, 0.25) is 5.91 Å². The van der Waals surface area contributed by atoms with E-state index in [1.54, 1.807) is 0 Å². The number of rotatable bonds is 10. The molecule has 14 heteroatoms. The van der Waals surface area contributed by atoms with Crippen molar-refractivity contribution in [1.82, 2.24) is 24.7 Å². The number of amides is 2. The lowest BCUT2D eigenvalue weighted by molar-refractivity contribution is -0.253. The van der Waals surface area contributed by atoms with Gasteiger partial charge in [0.05, 0.1) is 29.8 Å². The molecular weight excluding hydrogens is 752 g/mol. The quantitative estimate of drug-likeness (QED) is 0.147. The number of aromatic amines is 1. The fourth-order valence-electron chi connectivity index (χ4n) is 8.60. The molecule has 8 rings (SSSR count). The van der Waals surface area contributed by atoms with E-state index in [2.05, 4.69) is 15.2 Å². The predicted octanol–water partition coefficient (Wildman–Crippen LogP) is 6.54. The number of nitrogens with one attached hydrogen (secondary N) is 2. The van der Waals surface area contributed by atoms with Crippen LogP contribution in [0.3, 0.4) is 0 Å². The van der Waals surface area contributed by atoms with Crippen LogP contribution in [0, 0.1) is 0 Å². The minimum atomic E-state index is -5.03. The van der Waals surface area contributed by atoms with Gasteiger partial charge in [-0.15, -0.1) is 0 Å². The number of hydrogen-bond donors (Lipinski definition) is 3. The zero-order chi connectivity index (χ0) is 40.4. The summed E-state index contributed by atoms with van der Waals surface area (Å²) < 4.78 is 54.6. The van der Waals surface area contributed by atoms with Crippen molar-refractivity contribution in [3.8, 4) is 11.1 Å². The molecule has 0 saturated carbocycles. The number of piperidine rings is 1. The molecule has 0 spiro atoms. The first kappa shape index (κ1) is 39.5. The lowest BCUT2D eigenvalue weighted by Gasteiger charge is -2.40. The van der Waals surface area contributed by atoms with Gasteiger partial charge in [0.25, 0.3) is 0 Å². The number of likely N-dealkylation sites (tertiary alicyclic amines) is 2. The van der Waals surface area contributed by atoms with Gasteiger partial charge < -0.3 is 34.7 Å². The number of para-hydroxylation sites is 2. The maximum Gasteiger partial charge on any atom is 0.471 e. The van der Waals surface area contributed by atoms with Gasteiger partial charge in [0, 0.05) is 50.7 Å². The first-order valence-corrected chi connectivity index (χ1v) is 19.8. The molecule has 2 amide bonds. The second kappa shape index (κ2) is 16.9. The van der Waals surface area contributed by atoms with E-state index in [1.807, 2.05) is 102 Å². The highest BCUT2D eigenvalue weighted by Gasteiger charge is 2.47. The number of aliphatic hydroxyl groups is 1. The molecule has 5 aromatic rings. The number of fused-ring (bicyclic) bond motifs is 1. The van der Waals surface area contributed by atoms with Crippen molar-refractivity contribution in [1.29, 1.82) is 0 Å². The molecule has 4 atom stereocenters. The van der Waals surface area contributed by atoms with E-state index < -0.39 is 30.3 Å². The van der Waals surface area contributed by atoms with E-state index in [4.69, 9.17) is 9.47 Å². The zero-order valence-electron chi connectivity index (χ0n) is 31.9. The fourth-order valence-corrected chi connectivity index (χ4v) is 8.60. The molecule has 4 aromatic carbocycles. The first-order chi connectivity index (χ1) is 28.0. The van der Waals surface area contributed by atoms with Gasteiger partial charge >= 0.3 is 17.8 Å². The molecule has 0 bridgehead atoms. The standard InChI is InChI=1S/C44H46F3N5O6/c45-44(46,47)42(55)51-19-5-12-38(51)40(54)48-25-29-6-3-7-31(22-29)32-8-4-9-33(23-32)41-57-35(24-39(58-41)30-15-13-28(27-53)14-16-30)26-50-20-17-34(18-21-50)52-37-11-2-1-10-36(37)49-43(52)56/h1-4,6-11,13-16,22-23,34-35,38-39,41,53H,5,12,17-21,24-27H2,(H,48,54)(H,49,56)/t35-,38+,39+,41+/m1/s1. The molecule has 58 heavy (non-hydrogen) atoms. The molecule has 4 heterocycles. The summed E-state index contributed by atoms with van der Waals surface area (Å²) in [7, 11) is 0. The summed E-state index contributed by atoms with van der Waals surface area (Å²) in [5.74, 6) is -2.60. The Morgan fingerprint density at radius 1 is 0.828 bits per heavy atom. The van der Waals surface area contributed by atoms with Crippen molar-refractivity contribution in [2.24, 2.45) is 0 Å². The van der Waals surface area contributed by atoms with Crippen LogP contribution in [0.2, 0.25) is 0 Å². The molecule has 3 aliphatic heterocycles. The molecule has 3 aliphatic rings. The average Bonchev–Trinajstić information content (AvgIpc) is 3.87. The number of imidazole rings is 1. The summed E-state index contributed by atoms with van der Waals surface area (Å²) >= 11 is 0. The number of carbonyl (C=O) groups is 2. The largest absolute Gasteiger partial charge is 0.471 e. The Balaban J connectivity index is 0.956. The molecule has 0 radical (unpaired) electrons. The van der Waals surface area contributed by atoms with Gasteiger partial charge in [-0.1, -0.05) is 72.8 Å². The Bertz CT molecular complexity index is 2300. The number of benzene rings is 4. The maximum absolute atomic E-state index is 13.1. The number of ether oxygens (including phenoxy) is 2. The molecule has 3 fully saturated rings. The Hall–Kier alpha value is -5.28. The monoisotopic (exact) mass is 797 g/mol. The Kier molecular flexibility index (Phi) is 11.5. The molecular formula is C44H46F3N5O6. The van der Waals surface area contributed by atoms with Crippen LogP contribution >= 0.6 is 0 Å². The third kappa shape index (κ3) is 8.60. The van der Waals surface area contributed by atoms with Crippen molar-refractivity contribution in [3.63, 3.8) is 0 Å². The number of H-pyrrole nitrogens is 1. The highest BCUT2D eigenvalue weighted by atomic mass is 19.4. The van der Waals surface area contributed by atoms with Crippen molar-refractivity contribution in [2.45, 2.75) is 82.0 Å². The number of halogens is 3. The Morgan fingerprint density at radius 2 is 1.57 bits per heavy atom.